The first kappa shape index (κ1) is 20.6. The second-order valence-corrected chi connectivity index (χ2v) is 8.67. The van der Waals surface area contributed by atoms with E-state index in [-0.39, 0.29) is 5.91 Å². The molecule has 3 heterocycles. The quantitative estimate of drug-likeness (QED) is 0.387. The number of hydrogen-bond donors (Lipinski definition) is 0. The third kappa shape index (κ3) is 3.82. The molecule has 6 heteroatoms. The highest BCUT2D eigenvalue weighted by Gasteiger charge is 2.23. The van der Waals surface area contributed by atoms with E-state index >= 15 is 0 Å². The largest absolute Gasteiger partial charge is 0.355 e. The van der Waals surface area contributed by atoms with Crippen LogP contribution in [0, 0.1) is 0 Å². The molecule has 1 saturated heterocycles. The molecule has 1 aliphatic rings. The SMILES string of the molecule is O=C(c1ccc2noc(-c3ccccc3)c2c1)N1CCN(Cc2cccc3cccnc23)CC1. The molecule has 0 unspecified atom stereocenters. The second-order valence-electron chi connectivity index (χ2n) is 8.67. The van der Waals surface area contributed by atoms with E-state index in [0.717, 1.165) is 47.0 Å². The van der Waals surface area contributed by atoms with E-state index in [1.54, 1.807) is 0 Å². The molecule has 0 saturated carbocycles. The number of piperazine rings is 1. The summed E-state index contributed by atoms with van der Waals surface area (Å²) >= 11 is 0. The van der Waals surface area contributed by atoms with Crippen molar-refractivity contribution in [3.8, 4) is 11.3 Å². The molecule has 0 bridgehead atoms. The van der Waals surface area contributed by atoms with Crippen LogP contribution in [0.4, 0.5) is 0 Å². The minimum absolute atomic E-state index is 0.0496. The third-order valence-electron chi connectivity index (χ3n) is 6.53. The fourth-order valence-electron chi connectivity index (χ4n) is 4.70. The van der Waals surface area contributed by atoms with Crippen LogP contribution in [0.1, 0.15) is 15.9 Å². The van der Waals surface area contributed by atoms with Gasteiger partial charge in [-0.05, 0) is 29.8 Å². The molecule has 0 aliphatic carbocycles. The third-order valence-corrected chi connectivity index (χ3v) is 6.53. The number of amides is 1. The minimum atomic E-state index is 0.0496. The van der Waals surface area contributed by atoms with Crippen molar-refractivity contribution >= 4 is 27.7 Å². The van der Waals surface area contributed by atoms with E-state index in [9.17, 15) is 4.79 Å². The predicted molar refractivity (Wildman–Crippen MR) is 132 cm³/mol. The maximum Gasteiger partial charge on any atom is 0.253 e. The molecule has 3 aromatic carbocycles. The number of para-hydroxylation sites is 1. The zero-order chi connectivity index (χ0) is 22.9. The lowest BCUT2D eigenvalue weighted by Crippen LogP contribution is -2.48. The van der Waals surface area contributed by atoms with Crippen LogP contribution in [0.15, 0.2) is 89.6 Å². The summed E-state index contributed by atoms with van der Waals surface area (Å²) in [5.41, 5.74) is 4.65. The van der Waals surface area contributed by atoms with Gasteiger partial charge in [0.2, 0.25) is 0 Å². The van der Waals surface area contributed by atoms with E-state index in [4.69, 9.17) is 4.52 Å². The summed E-state index contributed by atoms with van der Waals surface area (Å²) in [7, 11) is 0. The number of aromatic nitrogens is 2. The van der Waals surface area contributed by atoms with Crippen molar-refractivity contribution < 1.29 is 9.32 Å². The maximum atomic E-state index is 13.3. The summed E-state index contributed by atoms with van der Waals surface area (Å²) in [6.07, 6.45) is 1.85. The Hall–Kier alpha value is -4.03. The van der Waals surface area contributed by atoms with E-state index in [2.05, 4.69) is 39.3 Å². The zero-order valence-corrected chi connectivity index (χ0v) is 18.7. The Labute approximate surface area is 197 Å². The normalized spacial score (nSPS) is 14.6. The van der Waals surface area contributed by atoms with Crippen molar-refractivity contribution in [2.75, 3.05) is 26.2 Å². The first-order chi connectivity index (χ1) is 16.8. The average Bonchev–Trinajstić information content (AvgIpc) is 3.33. The number of nitrogens with zero attached hydrogens (tertiary/aromatic N) is 4. The first-order valence-electron chi connectivity index (χ1n) is 11.6. The second kappa shape index (κ2) is 8.72. The van der Waals surface area contributed by atoms with Crippen LogP contribution in [-0.4, -0.2) is 52.0 Å². The van der Waals surface area contributed by atoms with Crippen LogP contribution in [0.3, 0.4) is 0 Å². The maximum absolute atomic E-state index is 13.3. The van der Waals surface area contributed by atoms with Crippen LogP contribution in [0.2, 0.25) is 0 Å². The Balaban J connectivity index is 1.17. The standard InChI is InChI=1S/C28H24N4O2/c33-28(22-11-12-25-24(18-22)27(34-30-25)21-6-2-1-3-7-21)32-16-14-31(15-17-32)19-23-9-4-8-20-10-5-13-29-26(20)23/h1-13,18H,14-17,19H2. The van der Waals surface area contributed by atoms with Crippen molar-refractivity contribution in [2.24, 2.45) is 0 Å². The van der Waals surface area contributed by atoms with E-state index in [1.807, 2.05) is 65.7 Å². The highest BCUT2D eigenvalue weighted by atomic mass is 16.5. The van der Waals surface area contributed by atoms with Gasteiger partial charge < -0.3 is 9.42 Å². The summed E-state index contributed by atoms with van der Waals surface area (Å²) in [6, 6.07) is 25.9. The molecule has 1 aliphatic heterocycles. The van der Waals surface area contributed by atoms with Gasteiger partial charge in [-0.3, -0.25) is 14.7 Å². The Morgan fingerprint density at radius 1 is 0.882 bits per heavy atom. The molecule has 0 radical (unpaired) electrons. The minimum Gasteiger partial charge on any atom is -0.355 e. The molecule has 6 nitrogen and oxygen atoms in total. The number of carbonyl (C=O) groups excluding carboxylic acids is 1. The lowest BCUT2D eigenvalue weighted by molar-refractivity contribution is 0.0629. The molecule has 168 valence electrons. The van der Waals surface area contributed by atoms with E-state index in [1.165, 1.54) is 5.56 Å². The average molecular weight is 449 g/mol. The number of pyridine rings is 1. The summed E-state index contributed by atoms with van der Waals surface area (Å²) < 4.78 is 5.60. The molecular weight excluding hydrogens is 424 g/mol. The fourth-order valence-corrected chi connectivity index (χ4v) is 4.70. The van der Waals surface area contributed by atoms with Crippen molar-refractivity contribution in [1.82, 2.24) is 19.9 Å². The molecule has 34 heavy (non-hydrogen) atoms. The highest BCUT2D eigenvalue weighted by Crippen LogP contribution is 2.29. The molecule has 1 fully saturated rings. The number of hydrogen-bond acceptors (Lipinski definition) is 5. The number of fused-ring (bicyclic) bond motifs is 2. The summed E-state index contributed by atoms with van der Waals surface area (Å²) in [6.45, 7) is 3.90. The van der Waals surface area contributed by atoms with Crippen molar-refractivity contribution in [3.05, 3.63) is 96.2 Å². The van der Waals surface area contributed by atoms with Crippen molar-refractivity contribution in [1.29, 1.82) is 0 Å². The lowest BCUT2D eigenvalue weighted by atomic mass is 10.1. The van der Waals surface area contributed by atoms with Gasteiger partial charge in [-0.25, -0.2) is 0 Å². The van der Waals surface area contributed by atoms with Gasteiger partial charge in [-0.2, -0.15) is 0 Å². The van der Waals surface area contributed by atoms with Gasteiger partial charge in [0, 0.05) is 55.4 Å². The Bertz CT molecular complexity index is 1460. The van der Waals surface area contributed by atoms with Crippen molar-refractivity contribution in [3.63, 3.8) is 0 Å². The molecule has 6 rings (SSSR count). The predicted octanol–water partition coefficient (Wildman–Crippen LogP) is 5.00. The van der Waals surface area contributed by atoms with Crippen LogP contribution >= 0.6 is 0 Å². The smallest absolute Gasteiger partial charge is 0.253 e. The summed E-state index contributed by atoms with van der Waals surface area (Å²) in [5, 5.41) is 6.19. The molecule has 0 N–H and O–H groups in total. The number of benzene rings is 3. The molecular formula is C28H24N4O2. The van der Waals surface area contributed by atoms with Gasteiger partial charge in [-0.15, -0.1) is 0 Å². The molecule has 5 aromatic rings. The van der Waals surface area contributed by atoms with Gasteiger partial charge in [0.05, 0.1) is 10.9 Å². The van der Waals surface area contributed by atoms with Gasteiger partial charge in [-0.1, -0.05) is 59.8 Å². The molecule has 1 amide bonds. The van der Waals surface area contributed by atoms with Crippen LogP contribution in [0.25, 0.3) is 33.1 Å². The van der Waals surface area contributed by atoms with Gasteiger partial charge >= 0.3 is 0 Å². The Kier molecular flexibility index (Phi) is 5.28. The van der Waals surface area contributed by atoms with E-state index < -0.39 is 0 Å². The van der Waals surface area contributed by atoms with Crippen LogP contribution < -0.4 is 0 Å². The topological polar surface area (TPSA) is 62.5 Å². The molecule has 0 spiro atoms. The van der Waals surface area contributed by atoms with Gasteiger partial charge in [0.25, 0.3) is 5.91 Å². The number of carbonyl (C=O) groups is 1. The van der Waals surface area contributed by atoms with E-state index in [0.29, 0.717) is 24.4 Å². The summed E-state index contributed by atoms with van der Waals surface area (Å²) in [4.78, 5) is 22.2. The first-order valence-corrected chi connectivity index (χ1v) is 11.6. The highest BCUT2D eigenvalue weighted by molar-refractivity contribution is 6.01. The zero-order valence-electron chi connectivity index (χ0n) is 18.7. The molecule has 0 atom stereocenters. The van der Waals surface area contributed by atoms with Gasteiger partial charge in [0.15, 0.2) is 5.76 Å². The Morgan fingerprint density at radius 2 is 1.71 bits per heavy atom. The fraction of sp³-hybridized carbons (Fsp3) is 0.179. The molecule has 2 aromatic heterocycles. The van der Waals surface area contributed by atoms with Crippen LogP contribution in [-0.2, 0) is 6.54 Å². The van der Waals surface area contributed by atoms with Gasteiger partial charge in [0.1, 0.15) is 5.52 Å². The van der Waals surface area contributed by atoms with Crippen molar-refractivity contribution in [2.45, 2.75) is 6.54 Å². The van der Waals surface area contributed by atoms with Crippen LogP contribution in [0.5, 0.6) is 0 Å². The number of rotatable bonds is 4. The monoisotopic (exact) mass is 448 g/mol. The summed E-state index contributed by atoms with van der Waals surface area (Å²) in [5.74, 6) is 0.743. The lowest BCUT2D eigenvalue weighted by Gasteiger charge is -2.35. The Morgan fingerprint density at radius 3 is 2.56 bits per heavy atom.